The molecule has 2 aromatic rings. The molecule has 26 heavy (non-hydrogen) atoms. The molecular formula is C16H19Cl2N3O3S2. The van der Waals surface area contributed by atoms with Crippen LogP contribution < -0.4 is 0 Å². The lowest BCUT2D eigenvalue weighted by Gasteiger charge is -2.34. The average Bonchev–Trinajstić information content (AvgIpc) is 2.84. The van der Waals surface area contributed by atoms with E-state index in [0.29, 0.717) is 42.7 Å². The summed E-state index contributed by atoms with van der Waals surface area (Å²) in [5, 5.41) is 0.560. The smallest absolute Gasteiger partial charge is 0.270 e. The SMILES string of the molecule is Cc1oc(=S)n(CN2CCN(S(=O)(=O)c3ccc(Cl)c(Cl)c3)CC2)c1C. The summed E-state index contributed by atoms with van der Waals surface area (Å²) in [5.41, 5.74) is 0.987. The predicted octanol–water partition coefficient (Wildman–Crippen LogP) is 3.70. The molecule has 1 aliphatic rings. The van der Waals surface area contributed by atoms with E-state index in [0.717, 1.165) is 11.5 Å². The van der Waals surface area contributed by atoms with Crippen molar-refractivity contribution in [2.45, 2.75) is 25.4 Å². The van der Waals surface area contributed by atoms with Crippen molar-refractivity contribution in [1.29, 1.82) is 0 Å². The Hall–Kier alpha value is -0.900. The van der Waals surface area contributed by atoms with Crippen LogP contribution in [0.3, 0.4) is 0 Å². The fourth-order valence-electron chi connectivity index (χ4n) is 2.85. The van der Waals surface area contributed by atoms with Crippen LogP contribution in [0.15, 0.2) is 27.5 Å². The zero-order valence-corrected chi connectivity index (χ0v) is 17.6. The summed E-state index contributed by atoms with van der Waals surface area (Å²) in [6.07, 6.45) is 0. The van der Waals surface area contributed by atoms with Crippen molar-refractivity contribution >= 4 is 45.4 Å². The first-order valence-electron chi connectivity index (χ1n) is 8.04. The van der Waals surface area contributed by atoms with Crippen LogP contribution in [-0.4, -0.2) is 48.4 Å². The molecule has 1 aliphatic heterocycles. The van der Waals surface area contributed by atoms with Gasteiger partial charge in [-0.1, -0.05) is 23.2 Å². The fourth-order valence-corrected chi connectivity index (χ4v) is 4.98. The molecule has 6 nitrogen and oxygen atoms in total. The summed E-state index contributed by atoms with van der Waals surface area (Å²) in [4.78, 5) is 2.74. The number of oxazole rings is 1. The van der Waals surface area contributed by atoms with Gasteiger partial charge >= 0.3 is 0 Å². The van der Waals surface area contributed by atoms with Gasteiger partial charge in [-0.15, -0.1) is 0 Å². The Labute approximate surface area is 168 Å². The van der Waals surface area contributed by atoms with Gasteiger partial charge in [0.15, 0.2) is 0 Å². The van der Waals surface area contributed by atoms with Crippen molar-refractivity contribution in [1.82, 2.24) is 13.8 Å². The summed E-state index contributed by atoms with van der Waals surface area (Å²) in [7, 11) is -3.59. The molecular weight excluding hydrogens is 417 g/mol. The predicted molar refractivity (Wildman–Crippen MR) is 104 cm³/mol. The number of nitrogens with zero attached hydrogens (tertiary/aromatic N) is 3. The first-order chi connectivity index (χ1) is 12.2. The van der Waals surface area contributed by atoms with Crippen molar-refractivity contribution in [3.8, 4) is 0 Å². The zero-order chi connectivity index (χ0) is 19.1. The molecule has 10 heteroatoms. The van der Waals surface area contributed by atoms with E-state index < -0.39 is 10.0 Å². The summed E-state index contributed by atoms with van der Waals surface area (Å²) in [6.45, 7) is 6.42. The molecule has 1 fully saturated rings. The van der Waals surface area contributed by atoms with E-state index in [4.69, 9.17) is 39.8 Å². The summed E-state index contributed by atoms with van der Waals surface area (Å²) < 4.78 is 34.4. The lowest BCUT2D eigenvalue weighted by atomic mass is 10.4. The average molecular weight is 436 g/mol. The molecule has 0 spiro atoms. The summed E-state index contributed by atoms with van der Waals surface area (Å²) in [6, 6.07) is 4.37. The fraction of sp³-hybridized carbons (Fsp3) is 0.438. The van der Waals surface area contributed by atoms with Crippen LogP contribution in [0.25, 0.3) is 0 Å². The van der Waals surface area contributed by atoms with Crippen molar-refractivity contribution < 1.29 is 12.8 Å². The van der Waals surface area contributed by atoms with E-state index in [1.165, 1.54) is 22.5 Å². The molecule has 0 bridgehead atoms. The van der Waals surface area contributed by atoms with Crippen LogP contribution in [0.2, 0.25) is 10.0 Å². The third-order valence-corrected chi connectivity index (χ3v) is 7.51. The number of hydrogen-bond acceptors (Lipinski definition) is 5. The van der Waals surface area contributed by atoms with Crippen LogP contribution >= 0.6 is 35.4 Å². The van der Waals surface area contributed by atoms with Gasteiger partial charge in [0.25, 0.3) is 4.84 Å². The largest absolute Gasteiger partial charge is 0.435 e. The van der Waals surface area contributed by atoms with Gasteiger partial charge in [0.2, 0.25) is 10.0 Å². The molecule has 1 saturated heterocycles. The molecule has 1 aromatic carbocycles. The third kappa shape index (κ3) is 3.85. The molecule has 0 radical (unpaired) electrons. The van der Waals surface area contributed by atoms with Crippen molar-refractivity contribution in [2.24, 2.45) is 0 Å². The second kappa shape index (κ2) is 7.61. The molecule has 0 unspecified atom stereocenters. The Morgan fingerprint density at radius 3 is 2.31 bits per heavy atom. The molecule has 0 atom stereocenters. The van der Waals surface area contributed by atoms with Gasteiger partial charge in [0, 0.05) is 26.2 Å². The lowest BCUT2D eigenvalue weighted by molar-refractivity contribution is 0.149. The molecule has 0 N–H and O–H groups in total. The van der Waals surface area contributed by atoms with Crippen LogP contribution in [0.1, 0.15) is 11.5 Å². The number of rotatable bonds is 4. The maximum atomic E-state index is 12.8. The molecule has 0 aliphatic carbocycles. The monoisotopic (exact) mass is 435 g/mol. The minimum absolute atomic E-state index is 0.156. The number of sulfonamides is 1. The van der Waals surface area contributed by atoms with Crippen LogP contribution in [0.4, 0.5) is 0 Å². The van der Waals surface area contributed by atoms with E-state index >= 15 is 0 Å². The lowest BCUT2D eigenvalue weighted by Crippen LogP contribution is -2.48. The molecule has 3 rings (SSSR count). The van der Waals surface area contributed by atoms with Crippen LogP contribution in [-0.2, 0) is 16.7 Å². The maximum Gasteiger partial charge on any atom is 0.270 e. The first-order valence-corrected chi connectivity index (χ1v) is 10.6. The van der Waals surface area contributed by atoms with Crippen molar-refractivity contribution in [3.63, 3.8) is 0 Å². The zero-order valence-electron chi connectivity index (χ0n) is 14.4. The summed E-state index contributed by atoms with van der Waals surface area (Å²) >= 11 is 17.1. The Morgan fingerprint density at radius 1 is 1.12 bits per heavy atom. The highest BCUT2D eigenvalue weighted by atomic mass is 35.5. The minimum Gasteiger partial charge on any atom is -0.435 e. The molecule has 0 amide bonds. The number of benzene rings is 1. The van der Waals surface area contributed by atoms with E-state index in [-0.39, 0.29) is 9.92 Å². The number of hydrogen-bond donors (Lipinski definition) is 0. The van der Waals surface area contributed by atoms with Crippen molar-refractivity contribution in [2.75, 3.05) is 26.2 Å². The highest BCUT2D eigenvalue weighted by Gasteiger charge is 2.29. The second-order valence-electron chi connectivity index (χ2n) is 6.18. The van der Waals surface area contributed by atoms with E-state index in [9.17, 15) is 8.42 Å². The Bertz CT molecular complexity index is 977. The quantitative estimate of drug-likeness (QED) is 0.685. The minimum atomic E-state index is -3.59. The molecule has 2 heterocycles. The van der Waals surface area contributed by atoms with Crippen LogP contribution in [0, 0.1) is 18.7 Å². The highest BCUT2D eigenvalue weighted by molar-refractivity contribution is 7.89. The molecule has 0 saturated carbocycles. The number of aryl methyl sites for hydroxylation is 1. The second-order valence-corrected chi connectivity index (χ2v) is 9.28. The topological polar surface area (TPSA) is 58.7 Å². The van der Waals surface area contributed by atoms with Gasteiger partial charge in [0.1, 0.15) is 5.76 Å². The van der Waals surface area contributed by atoms with Gasteiger partial charge in [-0.25, -0.2) is 8.42 Å². The molecule has 142 valence electrons. The Kier molecular flexibility index (Phi) is 5.81. The molecule has 1 aromatic heterocycles. The van der Waals surface area contributed by atoms with Crippen molar-refractivity contribution in [3.05, 3.63) is 44.5 Å². The highest BCUT2D eigenvalue weighted by Crippen LogP contribution is 2.27. The number of aromatic nitrogens is 1. The maximum absolute atomic E-state index is 12.8. The van der Waals surface area contributed by atoms with E-state index in [1.54, 1.807) is 0 Å². The van der Waals surface area contributed by atoms with Gasteiger partial charge in [0.05, 0.1) is 27.3 Å². The number of halogens is 2. The van der Waals surface area contributed by atoms with E-state index in [1.807, 2.05) is 18.4 Å². The van der Waals surface area contributed by atoms with Gasteiger partial charge in [-0.2, -0.15) is 4.31 Å². The van der Waals surface area contributed by atoms with Gasteiger partial charge in [-0.3, -0.25) is 9.47 Å². The normalized spacial score (nSPS) is 16.9. The van der Waals surface area contributed by atoms with Gasteiger partial charge in [-0.05, 0) is 44.3 Å². The van der Waals surface area contributed by atoms with Crippen LogP contribution in [0.5, 0.6) is 0 Å². The third-order valence-electron chi connectivity index (χ3n) is 4.58. The standard InChI is InChI=1S/C16H19Cl2N3O3S2/c1-11-12(2)24-16(25)21(11)10-19-5-7-20(8-6-19)26(22,23)13-3-4-14(17)15(18)9-13/h3-4,9H,5-8,10H2,1-2H3. The van der Waals surface area contributed by atoms with Gasteiger partial charge < -0.3 is 4.42 Å². The van der Waals surface area contributed by atoms with E-state index in [2.05, 4.69) is 4.90 Å². The Morgan fingerprint density at radius 2 is 1.77 bits per heavy atom. The first kappa shape index (κ1) is 19.9. The number of piperazine rings is 1. The summed E-state index contributed by atoms with van der Waals surface area (Å²) in [5.74, 6) is 0.802. The Balaban J connectivity index is 1.69.